The summed E-state index contributed by atoms with van der Waals surface area (Å²) in [5.74, 6) is 0.493. The van der Waals surface area contributed by atoms with Gasteiger partial charge in [0.1, 0.15) is 5.82 Å². The lowest BCUT2D eigenvalue weighted by Gasteiger charge is -2.37. The van der Waals surface area contributed by atoms with Crippen LogP contribution >= 0.6 is 11.6 Å². The highest BCUT2D eigenvalue weighted by Gasteiger charge is 2.21. The van der Waals surface area contributed by atoms with E-state index < -0.39 is 0 Å². The van der Waals surface area contributed by atoms with Gasteiger partial charge in [0.25, 0.3) is 5.91 Å². The Morgan fingerprint density at radius 2 is 1.76 bits per heavy atom. The van der Waals surface area contributed by atoms with Crippen LogP contribution in [0.2, 0.25) is 5.02 Å². The van der Waals surface area contributed by atoms with Crippen molar-refractivity contribution in [1.82, 2.24) is 9.97 Å². The maximum Gasteiger partial charge on any atom is 0.257 e. The molecule has 0 bridgehead atoms. The summed E-state index contributed by atoms with van der Waals surface area (Å²) < 4.78 is 0. The van der Waals surface area contributed by atoms with Gasteiger partial charge in [-0.05, 0) is 42.8 Å². The summed E-state index contributed by atoms with van der Waals surface area (Å²) in [6.45, 7) is 5.35. The molecule has 0 saturated carbocycles. The summed E-state index contributed by atoms with van der Waals surface area (Å²) in [4.78, 5) is 25.6. The van der Waals surface area contributed by atoms with Crippen molar-refractivity contribution in [3.8, 4) is 0 Å². The molecule has 7 heteroatoms. The molecule has 1 N–H and O–H groups in total. The first-order valence-electron chi connectivity index (χ1n) is 9.53. The number of benzene rings is 1. The van der Waals surface area contributed by atoms with Gasteiger partial charge in [-0.1, -0.05) is 23.7 Å². The highest BCUT2D eigenvalue weighted by molar-refractivity contribution is 6.33. The number of nitrogens with zero attached hydrogens (tertiary/aromatic N) is 4. The molecular weight excluding hydrogens is 386 g/mol. The monoisotopic (exact) mass is 407 g/mol. The average Bonchev–Trinajstić information content (AvgIpc) is 2.74. The number of nitrogens with one attached hydrogen (secondary N) is 1. The Balaban J connectivity index is 1.42. The average molecular weight is 408 g/mol. The standard InChI is InChI=1S/C22H22ClN5O/c1-16-3-2-4-18(13-16)26-22(29)17-14-20(23)21(25-15-17)28-11-9-27(10-12-28)19-5-7-24-8-6-19/h2-8,13-15H,9-12H2,1H3,(H,26,29). The molecule has 0 atom stereocenters. The summed E-state index contributed by atoms with van der Waals surface area (Å²) >= 11 is 6.48. The van der Waals surface area contributed by atoms with Gasteiger partial charge in [-0.3, -0.25) is 9.78 Å². The van der Waals surface area contributed by atoms with Gasteiger partial charge in [-0.15, -0.1) is 0 Å². The Labute approximate surface area is 175 Å². The van der Waals surface area contributed by atoms with Crippen LogP contribution in [0.1, 0.15) is 15.9 Å². The van der Waals surface area contributed by atoms with Crippen LogP contribution in [0.4, 0.5) is 17.2 Å². The van der Waals surface area contributed by atoms with Crippen LogP contribution in [-0.2, 0) is 0 Å². The third-order valence-electron chi connectivity index (χ3n) is 4.97. The molecule has 148 valence electrons. The van der Waals surface area contributed by atoms with E-state index >= 15 is 0 Å². The van der Waals surface area contributed by atoms with E-state index in [0.717, 1.165) is 37.4 Å². The molecule has 0 radical (unpaired) electrons. The van der Waals surface area contributed by atoms with Crippen LogP contribution in [0, 0.1) is 6.92 Å². The van der Waals surface area contributed by atoms with Crippen LogP contribution in [0.25, 0.3) is 0 Å². The molecule has 6 nitrogen and oxygen atoms in total. The Morgan fingerprint density at radius 1 is 1.03 bits per heavy atom. The van der Waals surface area contributed by atoms with Crippen LogP contribution in [0.15, 0.2) is 61.1 Å². The molecule has 4 rings (SSSR count). The van der Waals surface area contributed by atoms with E-state index in [9.17, 15) is 4.79 Å². The van der Waals surface area contributed by atoms with Gasteiger partial charge in [-0.2, -0.15) is 0 Å². The predicted octanol–water partition coefficient (Wildman–Crippen LogP) is 4.02. The van der Waals surface area contributed by atoms with Gasteiger partial charge in [0.05, 0.1) is 10.6 Å². The largest absolute Gasteiger partial charge is 0.368 e. The zero-order chi connectivity index (χ0) is 20.2. The van der Waals surface area contributed by atoms with E-state index in [2.05, 4.69) is 25.1 Å². The van der Waals surface area contributed by atoms with Crippen molar-refractivity contribution in [2.75, 3.05) is 41.3 Å². The lowest BCUT2D eigenvalue weighted by atomic mass is 10.2. The number of pyridine rings is 2. The Hall–Kier alpha value is -3.12. The quantitative estimate of drug-likeness (QED) is 0.707. The Morgan fingerprint density at radius 3 is 2.45 bits per heavy atom. The number of halogens is 1. The van der Waals surface area contributed by atoms with E-state index in [1.807, 2.05) is 43.3 Å². The third kappa shape index (κ3) is 4.49. The molecule has 0 aliphatic carbocycles. The number of aromatic nitrogens is 2. The van der Waals surface area contributed by atoms with Gasteiger partial charge in [0.15, 0.2) is 0 Å². The fourth-order valence-corrected chi connectivity index (χ4v) is 3.73. The predicted molar refractivity (Wildman–Crippen MR) is 117 cm³/mol. The summed E-state index contributed by atoms with van der Waals surface area (Å²) in [6.07, 6.45) is 5.20. The highest BCUT2D eigenvalue weighted by Crippen LogP contribution is 2.26. The van der Waals surface area contributed by atoms with Crippen molar-refractivity contribution in [3.05, 3.63) is 77.2 Å². The number of hydrogen-bond donors (Lipinski definition) is 1. The summed E-state index contributed by atoms with van der Waals surface area (Å²) in [5, 5.41) is 3.37. The molecule has 3 heterocycles. The van der Waals surface area contributed by atoms with Crippen LogP contribution in [0.5, 0.6) is 0 Å². The molecule has 1 aliphatic rings. The van der Waals surface area contributed by atoms with E-state index in [0.29, 0.717) is 16.4 Å². The summed E-state index contributed by atoms with van der Waals surface area (Å²) in [7, 11) is 0. The van der Waals surface area contributed by atoms with E-state index in [1.165, 1.54) is 5.69 Å². The Bertz CT molecular complexity index is 1000. The van der Waals surface area contributed by atoms with Crippen molar-refractivity contribution < 1.29 is 4.79 Å². The molecule has 1 aromatic carbocycles. The van der Waals surface area contributed by atoms with Crippen molar-refractivity contribution in [1.29, 1.82) is 0 Å². The molecule has 1 amide bonds. The molecule has 29 heavy (non-hydrogen) atoms. The van der Waals surface area contributed by atoms with Gasteiger partial charge >= 0.3 is 0 Å². The molecule has 0 spiro atoms. The molecule has 1 saturated heterocycles. The number of carbonyl (C=O) groups is 1. The van der Waals surface area contributed by atoms with E-state index in [-0.39, 0.29) is 5.91 Å². The van der Waals surface area contributed by atoms with Crippen LogP contribution in [0.3, 0.4) is 0 Å². The topological polar surface area (TPSA) is 61.4 Å². The lowest BCUT2D eigenvalue weighted by molar-refractivity contribution is 0.102. The first-order valence-corrected chi connectivity index (χ1v) is 9.91. The first kappa shape index (κ1) is 19.2. The maximum absolute atomic E-state index is 12.5. The zero-order valence-corrected chi connectivity index (χ0v) is 16.9. The second kappa shape index (κ2) is 8.49. The fraction of sp³-hybridized carbons (Fsp3) is 0.227. The number of amides is 1. The molecule has 1 fully saturated rings. The zero-order valence-electron chi connectivity index (χ0n) is 16.2. The molecule has 3 aromatic rings. The molecule has 2 aromatic heterocycles. The number of rotatable bonds is 4. The smallest absolute Gasteiger partial charge is 0.257 e. The van der Waals surface area contributed by atoms with Gasteiger partial charge in [0.2, 0.25) is 0 Å². The number of carbonyl (C=O) groups excluding carboxylic acids is 1. The first-order chi connectivity index (χ1) is 14.1. The molecule has 1 aliphatic heterocycles. The third-order valence-corrected chi connectivity index (χ3v) is 5.25. The number of piperazine rings is 1. The van der Waals surface area contributed by atoms with Crippen molar-refractivity contribution in [2.45, 2.75) is 6.92 Å². The number of aryl methyl sites for hydroxylation is 1. The lowest BCUT2D eigenvalue weighted by Crippen LogP contribution is -2.47. The minimum absolute atomic E-state index is 0.223. The second-order valence-corrected chi connectivity index (χ2v) is 7.44. The molecule has 0 unspecified atom stereocenters. The second-order valence-electron chi connectivity index (χ2n) is 7.03. The minimum Gasteiger partial charge on any atom is -0.368 e. The number of anilines is 3. The maximum atomic E-state index is 12.5. The minimum atomic E-state index is -0.223. The summed E-state index contributed by atoms with van der Waals surface area (Å²) in [5.41, 5.74) is 3.44. The van der Waals surface area contributed by atoms with E-state index in [1.54, 1.807) is 24.7 Å². The highest BCUT2D eigenvalue weighted by atomic mass is 35.5. The SMILES string of the molecule is Cc1cccc(NC(=O)c2cnc(N3CCN(c4ccncc4)CC3)c(Cl)c2)c1. The van der Waals surface area contributed by atoms with Crippen molar-refractivity contribution >= 4 is 34.7 Å². The van der Waals surface area contributed by atoms with E-state index in [4.69, 9.17) is 11.6 Å². The van der Waals surface area contributed by atoms with Crippen molar-refractivity contribution in [3.63, 3.8) is 0 Å². The number of hydrogen-bond acceptors (Lipinski definition) is 5. The Kier molecular flexibility index (Phi) is 5.62. The fourth-order valence-electron chi connectivity index (χ4n) is 3.44. The summed E-state index contributed by atoms with van der Waals surface area (Å²) in [6, 6.07) is 13.4. The normalized spacial score (nSPS) is 14.0. The van der Waals surface area contributed by atoms with Crippen LogP contribution < -0.4 is 15.1 Å². The molecular formula is C22H22ClN5O. The van der Waals surface area contributed by atoms with Gasteiger partial charge in [0, 0.05) is 56.1 Å². The van der Waals surface area contributed by atoms with Gasteiger partial charge in [-0.25, -0.2) is 4.98 Å². The van der Waals surface area contributed by atoms with Crippen LogP contribution in [-0.4, -0.2) is 42.1 Å². The van der Waals surface area contributed by atoms with Crippen molar-refractivity contribution in [2.24, 2.45) is 0 Å². The van der Waals surface area contributed by atoms with Gasteiger partial charge < -0.3 is 15.1 Å².